The monoisotopic (exact) mass is 388 g/mol. The number of hydrogen-bond acceptors (Lipinski definition) is 5. The normalized spacial score (nSPS) is 26.4. The minimum absolute atomic E-state index is 0.0401. The number of hydrogen-bond donors (Lipinski definition) is 2. The molecule has 3 atom stereocenters. The van der Waals surface area contributed by atoms with E-state index in [1.54, 1.807) is 23.1 Å². The fourth-order valence-corrected chi connectivity index (χ4v) is 4.39. The molecule has 8 heteroatoms. The van der Waals surface area contributed by atoms with Crippen LogP contribution in [-0.2, 0) is 4.79 Å². The van der Waals surface area contributed by atoms with Gasteiger partial charge in [0, 0.05) is 30.9 Å². The van der Waals surface area contributed by atoms with E-state index >= 15 is 0 Å². The third kappa shape index (κ3) is 3.61. The number of urea groups is 1. The molecule has 1 aromatic carbocycles. The van der Waals surface area contributed by atoms with Crippen LogP contribution in [0.15, 0.2) is 18.2 Å². The second-order valence-corrected chi connectivity index (χ2v) is 7.82. The van der Waals surface area contributed by atoms with Crippen LogP contribution in [0.3, 0.4) is 0 Å². The summed E-state index contributed by atoms with van der Waals surface area (Å²) in [6.45, 7) is 4.93. The van der Waals surface area contributed by atoms with E-state index in [1.165, 1.54) is 0 Å². The first-order valence-corrected chi connectivity index (χ1v) is 10.0. The third-order valence-electron chi connectivity index (χ3n) is 5.87. The number of ether oxygens (including phenoxy) is 2. The first-order chi connectivity index (χ1) is 13.6. The molecule has 3 N–H and O–H groups in total. The molecule has 152 valence electrons. The number of rotatable bonds is 3. The summed E-state index contributed by atoms with van der Waals surface area (Å²) in [6, 6.07) is 4.84. The molecular weight excluding hydrogens is 360 g/mol. The van der Waals surface area contributed by atoms with Crippen molar-refractivity contribution in [2.45, 2.75) is 38.3 Å². The first kappa shape index (κ1) is 18.9. The molecule has 1 aromatic rings. The third-order valence-corrected chi connectivity index (χ3v) is 5.87. The van der Waals surface area contributed by atoms with Crippen molar-refractivity contribution in [1.29, 1.82) is 0 Å². The summed E-state index contributed by atoms with van der Waals surface area (Å²) in [7, 11) is 0. The molecule has 28 heavy (non-hydrogen) atoms. The Bertz CT molecular complexity index is 756. The van der Waals surface area contributed by atoms with Crippen LogP contribution in [0.5, 0.6) is 11.5 Å². The molecule has 0 spiro atoms. The SMILES string of the molecule is CC1CC(CN)CN1C(=O)[C@@H]1CCCN1C(=O)Nc1ccc2c(c1)OCCO2. The van der Waals surface area contributed by atoms with Gasteiger partial charge in [-0.05, 0) is 50.8 Å². The molecule has 8 nitrogen and oxygen atoms in total. The Morgan fingerprint density at radius 1 is 1.21 bits per heavy atom. The number of fused-ring (bicyclic) bond motifs is 1. The van der Waals surface area contributed by atoms with Crippen molar-refractivity contribution in [3.8, 4) is 11.5 Å². The molecule has 2 unspecified atom stereocenters. The highest BCUT2D eigenvalue weighted by molar-refractivity contribution is 5.94. The van der Waals surface area contributed by atoms with Crippen LogP contribution in [0.2, 0.25) is 0 Å². The van der Waals surface area contributed by atoms with Gasteiger partial charge in [-0.25, -0.2) is 4.79 Å². The number of nitrogens with zero attached hydrogens (tertiary/aromatic N) is 2. The maximum Gasteiger partial charge on any atom is 0.322 e. The van der Waals surface area contributed by atoms with Gasteiger partial charge >= 0.3 is 6.03 Å². The van der Waals surface area contributed by atoms with E-state index in [9.17, 15) is 9.59 Å². The second kappa shape index (κ2) is 7.87. The lowest BCUT2D eigenvalue weighted by Gasteiger charge is -2.30. The topological polar surface area (TPSA) is 97.1 Å². The smallest absolute Gasteiger partial charge is 0.322 e. The van der Waals surface area contributed by atoms with Crippen LogP contribution in [0.25, 0.3) is 0 Å². The molecule has 4 rings (SSSR count). The number of likely N-dealkylation sites (tertiary alicyclic amines) is 2. The van der Waals surface area contributed by atoms with Gasteiger partial charge in [-0.3, -0.25) is 4.79 Å². The minimum Gasteiger partial charge on any atom is -0.486 e. The number of benzene rings is 1. The quantitative estimate of drug-likeness (QED) is 0.821. The lowest BCUT2D eigenvalue weighted by molar-refractivity contribution is -0.135. The molecule has 0 bridgehead atoms. The van der Waals surface area contributed by atoms with Crippen molar-refractivity contribution in [1.82, 2.24) is 9.80 Å². The molecule has 3 amide bonds. The van der Waals surface area contributed by atoms with Crippen LogP contribution in [0, 0.1) is 5.92 Å². The first-order valence-electron chi connectivity index (χ1n) is 10.0. The van der Waals surface area contributed by atoms with E-state index in [2.05, 4.69) is 12.2 Å². The fourth-order valence-electron chi connectivity index (χ4n) is 4.39. The molecule has 0 radical (unpaired) electrons. The van der Waals surface area contributed by atoms with Gasteiger partial charge in [0.25, 0.3) is 0 Å². The average Bonchev–Trinajstić information content (AvgIpc) is 3.34. The Balaban J connectivity index is 1.43. The van der Waals surface area contributed by atoms with Gasteiger partial charge in [-0.2, -0.15) is 0 Å². The van der Waals surface area contributed by atoms with E-state index in [-0.39, 0.29) is 18.0 Å². The van der Waals surface area contributed by atoms with Crippen molar-refractivity contribution >= 4 is 17.6 Å². The molecule has 0 aromatic heterocycles. The van der Waals surface area contributed by atoms with Crippen LogP contribution in [0.4, 0.5) is 10.5 Å². The predicted molar refractivity (Wildman–Crippen MR) is 105 cm³/mol. The summed E-state index contributed by atoms with van der Waals surface area (Å²) in [6.07, 6.45) is 2.45. The zero-order valence-electron chi connectivity index (χ0n) is 16.2. The number of amides is 3. The highest BCUT2D eigenvalue weighted by Crippen LogP contribution is 2.33. The Hall–Kier alpha value is -2.48. The summed E-state index contributed by atoms with van der Waals surface area (Å²) >= 11 is 0. The van der Waals surface area contributed by atoms with E-state index in [4.69, 9.17) is 15.2 Å². The highest BCUT2D eigenvalue weighted by Gasteiger charge is 2.41. The molecule has 3 aliphatic rings. The number of anilines is 1. The molecule has 0 aliphatic carbocycles. The molecule has 2 saturated heterocycles. The summed E-state index contributed by atoms with van der Waals surface area (Å²) in [5.74, 6) is 1.69. The maximum absolute atomic E-state index is 13.1. The summed E-state index contributed by atoms with van der Waals surface area (Å²) in [5, 5.41) is 2.90. The van der Waals surface area contributed by atoms with Crippen LogP contribution in [0.1, 0.15) is 26.2 Å². The van der Waals surface area contributed by atoms with Gasteiger partial charge in [-0.1, -0.05) is 0 Å². The van der Waals surface area contributed by atoms with E-state index < -0.39 is 6.04 Å². The zero-order chi connectivity index (χ0) is 19.7. The standard InChI is InChI=1S/C20H28N4O4/c1-13-9-14(11-21)12-24(13)19(25)16-3-2-6-23(16)20(26)22-15-4-5-17-18(10-15)28-8-7-27-17/h4-5,10,13-14,16H,2-3,6-9,11-12,21H2,1H3,(H,22,26)/t13?,14?,16-/m0/s1. The lowest BCUT2D eigenvalue weighted by Crippen LogP contribution is -2.50. The lowest BCUT2D eigenvalue weighted by atomic mass is 10.1. The van der Waals surface area contributed by atoms with Gasteiger partial charge in [-0.15, -0.1) is 0 Å². The molecule has 3 heterocycles. The second-order valence-electron chi connectivity index (χ2n) is 7.82. The summed E-state index contributed by atoms with van der Waals surface area (Å²) < 4.78 is 11.1. The van der Waals surface area contributed by atoms with Crippen LogP contribution in [-0.4, -0.2) is 66.7 Å². The van der Waals surface area contributed by atoms with E-state index in [0.717, 1.165) is 12.8 Å². The molecule has 2 fully saturated rings. The number of carbonyl (C=O) groups excluding carboxylic acids is 2. The number of nitrogens with one attached hydrogen (secondary N) is 1. The molecular formula is C20H28N4O4. The van der Waals surface area contributed by atoms with E-state index in [1.807, 2.05) is 4.90 Å². The van der Waals surface area contributed by atoms with Gasteiger partial charge in [0.05, 0.1) is 0 Å². The minimum atomic E-state index is -0.406. The largest absolute Gasteiger partial charge is 0.486 e. The highest BCUT2D eigenvalue weighted by atomic mass is 16.6. The average molecular weight is 388 g/mol. The van der Waals surface area contributed by atoms with E-state index in [0.29, 0.717) is 62.4 Å². The predicted octanol–water partition coefficient (Wildman–Crippen LogP) is 1.65. The van der Waals surface area contributed by atoms with Crippen molar-refractivity contribution < 1.29 is 19.1 Å². The fraction of sp³-hybridized carbons (Fsp3) is 0.600. The van der Waals surface area contributed by atoms with Crippen LogP contribution < -0.4 is 20.5 Å². The molecule has 0 saturated carbocycles. The van der Waals surface area contributed by atoms with Gasteiger partial charge < -0.3 is 30.3 Å². The number of carbonyl (C=O) groups is 2. The number of nitrogens with two attached hydrogens (primary N) is 1. The zero-order valence-corrected chi connectivity index (χ0v) is 16.2. The summed E-state index contributed by atoms with van der Waals surface area (Å²) in [5.41, 5.74) is 6.42. The summed E-state index contributed by atoms with van der Waals surface area (Å²) in [4.78, 5) is 29.5. The Kier molecular flexibility index (Phi) is 5.30. The van der Waals surface area contributed by atoms with Gasteiger partial charge in [0.15, 0.2) is 11.5 Å². The van der Waals surface area contributed by atoms with Crippen molar-refractivity contribution in [3.63, 3.8) is 0 Å². The van der Waals surface area contributed by atoms with Crippen molar-refractivity contribution in [2.75, 3.05) is 38.2 Å². The van der Waals surface area contributed by atoms with Gasteiger partial charge in [0.2, 0.25) is 5.91 Å². The Labute approximate surface area is 164 Å². The molecule has 3 aliphatic heterocycles. The van der Waals surface area contributed by atoms with Crippen molar-refractivity contribution in [2.24, 2.45) is 11.7 Å². The van der Waals surface area contributed by atoms with Gasteiger partial charge in [0.1, 0.15) is 19.3 Å². The Morgan fingerprint density at radius 3 is 2.75 bits per heavy atom. The Morgan fingerprint density at radius 2 is 2.00 bits per heavy atom. The van der Waals surface area contributed by atoms with Crippen LogP contribution >= 0.6 is 0 Å². The van der Waals surface area contributed by atoms with Crippen molar-refractivity contribution in [3.05, 3.63) is 18.2 Å². The maximum atomic E-state index is 13.1.